The smallest absolute Gasteiger partial charge is 0.326 e. The average Bonchev–Trinajstić information content (AvgIpc) is 3.09. The Morgan fingerprint density at radius 2 is 1.43 bits per heavy atom. The highest BCUT2D eigenvalue weighted by Crippen LogP contribution is 2.22. The van der Waals surface area contributed by atoms with E-state index in [9.17, 15) is 19.5 Å². The predicted molar refractivity (Wildman–Crippen MR) is 177 cm³/mol. The van der Waals surface area contributed by atoms with Crippen molar-refractivity contribution in [2.24, 2.45) is 0 Å². The third-order valence-corrected chi connectivity index (χ3v) is 7.48. The van der Waals surface area contributed by atoms with Gasteiger partial charge in [-0.15, -0.1) is 0 Å². The van der Waals surface area contributed by atoms with E-state index >= 15 is 0 Å². The lowest BCUT2D eigenvalue weighted by atomic mass is 10.00. The number of rotatable bonds is 15. The molecule has 0 spiro atoms. The average molecular weight is 614 g/mol. The number of pyridine rings is 1. The molecule has 0 aliphatic heterocycles. The van der Waals surface area contributed by atoms with E-state index in [0.29, 0.717) is 35.7 Å². The van der Waals surface area contributed by atoms with Crippen molar-refractivity contribution in [3.8, 4) is 5.75 Å². The number of carbonyl (C=O) groups is 3. The SMILES string of the molecule is O=C(c1ccccc1)c1ccccc1N[C@@H](Cc1ccc(OCCN(Cc2ccccc2)C(=O)Cc2cccnc2)cc1)C(=O)O. The Kier molecular flexibility index (Phi) is 10.9. The molecule has 0 aliphatic carbocycles. The molecule has 0 saturated heterocycles. The third-order valence-electron chi connectivity index (χ3n) is 7.48. The molecule has 8 heteroatoms. The maximum Gasteiger partial charge on any atom is 0.326 e. The van der Waals surface area contributed by atoms with Gasteiger partial charge in [0.1, 0.15) is 18.4 Å². The summed E-state index contributed by atoms with van der Waals surface area (Å²) in [5, 5.41) is 13.1. The van der Waals surface area contributed by atoms with Gasteiger partial charge in [-0.2, -0.15) is 0 Å². The number of nitrogens with zero attached hydrogens (tertiary/aromatic N) is 2. The first-order valence-corrected chi connectivity index (χ1v) is 15.1. The number of nitrogens with one attached hydrogen (secondary N) is 1. The number of ether oxygens (including phenoxy) is 1. The van der Waals surface area contributed by atoms with Gasteiger partial charge in [0.15, 0.2) is 5.78 Å². The number of benzene rings is 4. The van der Waals surface area contributed by atoms with E-state index in [0.717, 1.165) is 16.7 Å². The summed E-state index contributed by atoms with van der Waals surface area (Å²) in [6.07, 6.45) is 3.82. The number of hydrogen-bond acceptors (Lipinski definition) is 6. The Bertz CT molecular complexity index is 1730. The minimum Gasteiger partial charge on any atom is -0.492 e. The molecule has 1 atom stereocenters. The lowest BCUT2D eigenvalue weighted by Gasteiger charge is -2.23. The van der Waals surface area contributed by atoms with E-state index in [-0.39, 0.29) is 31.1 Å². The first-order valence-electron chi connectivity index (χ1n) is 15.1. The molecular formula is C38H35N3O5. The molecule has 0 unspecified atom stereocenters. The van der Waals surface area contributed by atoms with Crippen LogP contribution in [0.3, 0.4) is 0 Å². The van der Waals surface area contributed by atoms with Gasteiger partial charge in [0.2, 0.25) is 5.91 Å². The van der Waals surface area contributed by atoms with Crippen LogP contribution in [0.4, 0.5) is 5.69 Å². The van der Waals surface area contributed by atoms with E-state index in [2.05, 4.69) is 10.3 Å². The summed E-state index contributed by atoms with van der Waals surface area (Å²) in [5.74, 6) is -0.621. The number of carboxylic acid groups (broad SMARTS) is 1. The highest BCUT2D eigenvalue weighted by molar-refractivity contribution is 6.12. The van der Waals surface area contributed by atoms with Crippen molar-refractivity contribution in [3.05, 3.63) is 162 Å². The topological polar surface area (TPSA) is 109 Å². The second-order valence-corrected chi connectivity index (χ2v) is 10.8. The van der Waals surface area contributed by atoms with Gasteiger partial charge in [0.05, 0.1) is 13.0 Å². The quantitative estimate of drug-likeness (QED) is 0.138. The summed E-state index contributed by atoms with van der Waals surface area (Å²) in [5.41, 5.74) is 4.06. The number of para-hydroxylation sites is 1. The van der Waals surface area contributed by atoms with Crippen LogP contribution in [0.25, 0.3) is 0 Å². The van der Waals surface area contributed by atoms with Crippen molar-refractivity contribution in [2.75, 3.05) is 18.5 Å². The molecule has 0 radical (unpaired) electrons. The minimum absolute atomic E-state index is 0.0185. The third kappa shape index (κ3) is 8.89. The van der Waals surface area contributed by atoms with Crippen LogP contribution in [0, 0.1) is 0 Å². The molecular weight excluding hydrogens is 578 g/mol. The van der Waals surface area contributed by atoms with Crippen LogP contribution in [0.1, 0.15) is 32.6 Å². The van der Waals surface area contributed by atoms with Crippen LogP contribution in [0.5, 0.6) is 5.75 Å². The molecule has 232 valence electrons. The van der Waals surface area contributed by atoms with Gasteiger partial charge in [0, 0.05) is 42.2 Å². The van der Waals surface area contributed by atoms with Crippen LogP contribution in [-0.2, 0) is 29.0 Å². The fourth-order valence-corrected chi connectivity index (χ4v) is 5.06. The van der Waals surface area contributed by atoms with Gasteiger partial charge in [-0.25, -0.2) is 4.79 Å². The Morgan fingerprint density at radius 3 is 2.13 bits per heavy atom. The van der Waals surface area contributed by atoms with E-state index in [1.807, 2.05) is 60.7 Å². The maximum atomic E-state index is 13.2. The van der Waals surface area contributed by atoms with E-state index in [4.69, 9.17) is 4.74 Å². The van der Waals surface area contributed by atoms with Crippen molar-refractivity contribution in [1.82, 2.24) is 9.88 Å². The number of ketones is 1. The highest BCUT2D eigenvalue weighted by Gasteiger charge is 2.21. The fraction of sp³-hybridized carbons (Fsp3) is 0.158. The molecule has 8 nitrogen and oxygen atoms in total. The Balaban J connectivity index is 1.19. The predicted octanol–water partition coefficient (Wildman–Crippen LogP) is 6.07. The second kappa shape index (κ2) is 15.8. The monoisotopic (exact) mass is 613 g/mol. The van der Waals surface area contributed by atoms with E-state index < -0.39 is 12.0 Å². The summed E-state index contributed by atoms with van der Waals surface area (Å²) in [6, 6.07) is 35.6. The van der Waals surface area contributed by atoms with E-state index in [1.165, 1.54) is 0 Å². The molecule has 2 N–H and O–H groups in total. The number of anilines is 1. The van der Waals surface area contributed by atoms with E-state index in [1.54, 1.807) is 78.0 Å². The van der Waals surface area contributed by atoms with Gasteiger partial charge >= 0.3 is 5.97 Å². The Labute approximate surface area is 268 Å². The summed E-state index contributed by atoms with van der Waals surface area (Å²) in [4.78, 5) is 44.4. The van der Waals surface area contributed by atoms with Crippen LogP contribution in [-0.4, -0.2) is 51.8 Å². The van der Waals surface area contributed by atoms with Gasteiger partial charge < -0.3 is 20.1 Å². The Morgan fingerprint density at radius 1 is 0.761 bits per heavy atom. The largest absolute Gasteiger partial charge is 0.492 e. The Hall–Kier alpha value is -5.76. The molecule has 46 heavy (non-hydrogen) atoms. The van der Waals surface area contributed by atoms with Crippen molar-refractivity contribution in [3.63, 3.8) is 0 Å². The minimum atomic E-state index is -1.03. The first kappa shape index (κ1) is 31.7. The van der Waals surface area contributed by atoms with Crippen LogP contribution >= 0.6 is 0 Å². The van der Waals surface area contributed by atoms with Gasteiger partial charge in [-0.1, -0.05) is 91.0 Å². The first-order chi connectivity index (χ1) is 22.5. The number of hydrogen-bond donors (Lipinski definition) is 2. The zero-order valence-electron chi connectivity index (χ0n) is 25.3. The summed E-state index contributed by atoms with van der Waals surface area (Å²) < 4.78 is 5.99. The summed E-state index contributed by atoms with van der Waals surface area (Å²) in [7, 11) is 0. The molecule has 1 aromatic heterocycles. The lowest BCUT2D eigenvalue weighted by Crippen LogP contribution is -2.35. The number of carboxylic acids is 1. The molecule has 5 rings (SSSR count). The maximum absolute atomic E-state index is 13.2. The van der Waals surface area contributed by atoms with Crippen molar-refractivity contribution < 1.29 is 24.2 Å². The normalized spacial score (nSPS) is 11.3. The number of amides is 1. The number of aromatic nitrogens is 1. The summed E-state index contributed by atoms with van der Waals surface area (Å²) in [6.45, 7) is 1.14. The molecule has 5 aromatic rings. The number of aliphatic carboxylic acids is 1. The second-order valence-electron chi connectivity index (χ2n) is 10.8. The summed E-state index contributed by atoms with van der Waals surface area (Å²) >= 11 is 0. The van der Waals surface area contributed by atoms with Crippen LogP contribution in [0.15, 0.2) is 134 Å². The lowest BCUT2D eigenvalue weighted by molar-refractivity contribution is -0.138. The van der Waals surface area contributed by atoms with Crippen LogP contribution in [0.2, 0.25) is 0 Å². The number of carbonyl (C=O) groups excluding carboxylic acids is 2. The molecule has 1 amide bonds. The molecule has 0 aliphatic rings. The molecule has 0 saturated carbocycles. The molecule has 0 fully saturated rings. The standard InChI is InChI=1S/C38H35N3O5/c42-36(25-30-12-9-21-39-26-30)41(27-29-10-3-1-4-11-29)22-23-46-32-19-17-28(18-20-32)24-35(38(44)45)40-34-16-8-7-15-33(34)37(43)31-13-5-2-6-14-31/h1-21,26,35,40H,22-25,27H2,(H,44,45)/t35-/m0/s1. The van der Waals surface area contributed by atoms with Crippen LogP contribution < -0.4 is 10.1 Å². The fourth-order valence-electron chi connectivity index (χ4n) is 5.06. The molecule has 4 aromatic carbocycles. The zero-order chi connectivity index (χ0) is 32.1. The van der Waals surface area contributed by atoms with Crippen molar-refractivity contribution >= 4 is 23.3 Å². The van der Waals surface area contributed by atoms with Crippen molar-refractivity contribution in [2.45, 2.75) is 25.4 Å². The van der Waals surface area contributed by atoms with Gasteiger partial charge in [-0.05, 0) is 47.0 Å². The van der Waals surface area contributed by atoms with Gasteiger partial charge in [0.25, 0.3) is 0 Å². The zero-order valence-corrected chi connectivity index (χ0v) is 25.3. The molecule has 0 bridgehead atoms. The van der Waals surface area contributed by atoms with Gasteiger partial charge in [-0.3, -0.25) is 14.6 Å². The molecule has 1 heterocycles. The highest BCUT2D eigenvalue weighted by atomic mass is 16.5. The van der Waals surface area contributed by atoms with Crippen molar-refractivity contribution in [1.29, 1.82) is 0 Å².